The van der Waals surface area contributed by atoms with Gasteiger partial charge in [-0.1, -0.05) is 18.5 Å². The van der Waals surface area contributed by atoms with Crippen LogP contribution in [0.25, 0.3) is 16.7 Å². The molecule has 6 nitrogen and oxygen atoms in total. The molecule has 0 fully saturated rings. The number of benzene rings is 2. The Hall–Kier alpha value is -2.09. The standard InChI is InChI=1S/C21H26ClN3O3S/c1-6-20-23-17-13-19(29(26,27)24-21(3,4)5)16(22)12-18(17)25(20)14-8-10-15(11-9-14)28-7-2/h8-13,24H,6-7H2,1-5H3. The molecule has 156 valence electrons. The van der Waals surface area contributed by atoms with Crippen molar-refractivity contribution < 1.29 is 13.2 Å². The average molecular weight is 436 g/mol. The lowest BCUT2D eigenvalue weighted by atomic mass is 10.1. The van der Waals surface area contributed by atoms with Crippen molar-refractivity contribution in [3.63, 3.8) is 0 Å². The first-order chi connectivity index (χ1) is 13.6. The summed E-state index contributed by atoms with van der Waals surface area (Å²) in [5.74, 6) is 1.61. The second-order valence-corrected chi connectivity index (χ2v) is 9.83. The topological polar surface area (TPSA) is 73.2 Å². The summed E-state index contributed by atoms with van der Waals surface area (Å²) in [7, 11) is -3.77. The van der Waals surface area contributed by atoms with Crippen LogP contribution < -0.4 is 9.46 Å². The molecule has 0 unspecified atom stereocenters. The summed E-state index contributed by atoms with van der Waals surface area (Å²) < 4.78 is 35.7. The summed E-state index contributed by atoms with van der Waals surface area (Å²) in [6, 6.07) is 10.9. The van der Waals surface area contributed by atoms with Gasteiger partial charge in [0.25, 0.3) is 0 Å². The van der Waals surface area contributed by atoms with Gasteiger partial charge in [0.05, 0.1) is 22.7 Å². The van der Waals surface area contributed by atoms with Crippen LogP contribution in [0.4, 0.5) is 0 Å². The average Bonchev–Trinajstić information content (AvgIpc) is 2.97. The van der Waals surface area contributed by atoms with Gasteiger partial charge in [-0.15, -0.1) is 0 Å². The van der Waals surface area contributed by atoms with Crippen LogP contribution >= 0.6 is 11.6 Å². The molecule has 0 saturated carbocycles. The van der Waals surface area contributed by atoms with Crippen LogP contribution in [0.2, 0.25) is 5.02 Å². The molecular formula is C21H26ClN3O3S. The van der Waals surface area contributed by atoms with Gasteiger partial charge in [0, 0.05) is 17.6 Å². The van der Waals surface area contributed by atoms with Gasteiger partial charge in [0.2, 0.25) is 10.0 Å². The Morgan fingerprint density at radius 3 is 2.34 bits per heavy atom. The summed E-state index contributed by atoms with van der Waals surface area (Å²) >= 11 is 6.41. The Kier molecular flexibility index (Phi) is 5.94. The van der Waals surface area contributed by atoms with Crippen molar-refractivity contribution in [1.29, 1.82) is 0 Å². The zero-order chi connectivity index (χ0) is 21.4. The van der Waals surface area contributed by atoms with E-state index in [0.717, 1.165) is 22.8 Å². The molecule has 3 aromatic rings. The van der Waals surface area contributed by atoms with Crippen molar-refractivity contribution in [3.8, 4) is 11.4 Å². The smallest absolute Gasteiger partial charge is 0.242 e. The molecule has 29 heavy (non-hydrogen) atoms. The lowest BCUT2D eigenvalue weighted by Crippen LogP contribution is -2.40. The van der Waals surface area contributed by atoms with Crippen molar-refractivity contribution in [2.75, 3.05) is 6.61 Å². The number of ether oxygens (including phenoxy) is 1. The van der Waals surface area contributed by atoms with Crippen LogP contribution in [0.1, 0.15) is 40.4 Å². The van der Waals surface area contributed by atoms with Crippen LogP contribution in [0.15, 0.2) is 41.3 Å². The van der Waals surface area contributed by atoms with Gasteiger partial charge in [0.15, 0.2) is 0 Å². The molecule has 0 atom stereocenters. The lowest BCUT2D eigenvalue weighted by molar-refractivity contribution is 0.340. The van der Waals surface area contributed by atoms with Gasteiger partial charge in [-0.2, -0.15) is 0 Å². The highest BCUT2D eigenvalue weighted by molar-refractivity contribution is 7.89. The van der Waals surface area contributed by atoms with Crippen LogP contribution in [-0.2, 0) is 16.4 Å². The first-order valence-electron chi connectivity index (χ1n) is 9.54. The molecule has 3 rings (SSSR count). The lowest BCUT2D eigenvalue weighted by Gasteiger charge is -2.20. The van der Waals surface area contributed by atoms with E-state index < -0.39 is 15.6 Å². The van der Waals surface area contributed by atoms with E-state index in [1.54, 1.807) is 26.8 Å². The maximum atomic E-state index is 12.8. The number of hydrogen-bond acceptors (Lipinski definition) is 4. The first kappa shape index (κ1) is 21.6. The fraction of sp³-hybridized carbons (Fsp3) is 0.381. The largest absolute Gasteiger partial charge is 0.494 e. The number of hydrogen-bond donors (Lipinski definition) is 1. The van der Waals surface area contributed by atoms with E-state index in [1.807, 2.05) is 42.7 Å². The fourth-order valence-corrected chi connectivity index (χ4v) is 5.14. The second kappa shape index (κ2) is 7.97. The highest BCUT2D eigenvalue weighted by Gasteiger charge is 2.26. The predicted molar refractivity (Wildman–Crippen MR) is 117 cm³/mol. The minimum Gasteiger partial charge on any atom is -0.494 e. The molecule has 0 saturated heterocycles. The number of rotatable bonds is 6. The molecule has 0 spiro atoms. The number of sulfonamides is 1. The quantitative estimate of drug-likeness (QED) is 0.608. The summed E-state index contributed by atoms with van der Waals surface area (Å²) in [5, 5.41) is 0.156. The Balaban J connectivity index is 2.15. The van der Waals surface area contributed by atoms with E-state index in [0.29, 0.717) is 18.5 Å². The maximum Gasteiger partial charge on any atom is 0.242 e. The van der Waals surface area contributed by atoms with Crippen LogP contribution in [0.5, 0.6) is 5.75 Å². The third kappa shape index (κ3) is 4.57. The third-order valence-corrected chi connectivity index (χ3v) is 6.45. The monoisotopic (exact) mass is 435 g/mol. The van der Waals surface area contributed by atoms with Gasteiger partial charge in [-0.05, 0) is 64.1 Å². The van der Waals surface area contributed by atoms with Crippen molar-refractivity contribution in [1.82, 2.24) is 14.3 Å². The van der Waals surface area contributed by atoms with Crippen molar-refractivity contribution >= 4 is 32.7 Å². The van der Waals surface area contributed by atoms with Crippen molar-refractivity contribution in [3.05, 3.63) is 47.2 Å². The number of imidazole rings is 1. The molecule has 2 aromatic carbocycles. The Bertz CT molecular complexity index is 1130. The van der Waals surface area contributed by atoms with Crippen molar-refractivity contribution in [2.45, 2.75) is 51.5 Å². The minimum absolute atomic E-state index is 0.0283. The zero-order valence-corrected chi connectivity index (χ0v) is 18.9. The molecule has 0 aliphatic rings. The van der Waals surface area contributed by atoms with Crippen LogP contribution in [0, 0.1) is 0 Å². The van der Waals surface area contributed by atoms with Gasteiger partial charge < -0.3 is 4.74 Å². The van der Waals surface area contributed by atoms with Crippen LogP contribution in [-0.4, -0.2) is 30.1 Å². The predicted octanol–water partition coefficient (Wildman–Crippen LogP) is 4.72. The number of fused-ring (bicyclic) bond motifs is 1. The van der Waals surface area contributed by atoms with E-state index >= 15 is 0 Å². The number of nitrogens with one attached hydrogen (secondary N) is 1. The van der Waals surface area contributed by atoms with E-state index in [-0.39, 0.29) is 9.92 Å². The minimum atomic E-state index is -3.77. The second-order valence-electron chi connectivity index (χ2n) is 7.77. The molecule has 8 heteroatoms. The molecule has 0 bridgehead atoms. The summed E-state index contributed by atoms with van der Waals surface area (Å²) in [5.41, 5.74) is 1.63. The van der Waals surface area contributed by atoms with Gasteiger partial charge in [-0.25, -0.2) is 18.1 Å². The highest BCUT2D eigenvalue weighted by atomic mass is 35.5. The van der Waals surface area contributed by atoms with Crippen LogP contribution in [0.3, 0.4) is 0 Å². The molecule has 1 N–H and O–H groups in total. The molecule has 0 aliphatic heterocycles. The van der Waals surface area contributed by atoms with Gasteiger partial charge >= 0.3 is 0 Å². The molecular weight excluding hydrogens is 410 g/mol. The zero-order valence-electron chi connectivity index (χ0n) is 17.3. The number of aromatic nitrogens is 2. The molecule has 0 radical (unpaired) electrons. The molecule has 1 heterocycles. The Morgan fingerprint density at radius 1 is 1.14 bits per heavy atom. The molecule has 1 aromatic heterocycles. The summed E-state index contributed by atoms with van der Waals surface area (Å²) in [6.07, 6.45) is 0.682. The summed E-state index contributed by atoms with van der Waals surface area (Å²) in [4.78, 5) is 4.69. The maximum absolute atomic E-state index is 12.8. The molecule has 0 aliphatic carbocycles. The van der Waals surface area contributed by atoms with E-state index in [2.05, 4.69) is 9.71 Å². The van der Waals surface area contributed by atoms with Gasteiger partial charge in [0.1, 0.15) is 16.5 Å². The van der Waals surface area contributed by atoms with E-state index in [9.17, 15) is 8.42 Å². The number of nitrogens with zero attached hydrogens (tertiary/aromatic N) is 2. The SMILES string of the molecule is CCOc1ccc(-n2c(CC)nc3cc(S(=O)(=O)NC(C)(C)C)c(Cl)cc32)cc1. The number of halogens is 1. The Labute approximate surface area is 176 Å². The molecule has 0 amide bonds. The first-order valence-corrected chi connectivity index (χ1v) is 11.4. The van der Waals surface area contributed by atoms with Gasteiger partial charge in [-0.3, -0.25) is 4.57 Å². The van der Waals surface area contributed by atoms with E-state index in [1.165, 1.54) is 6.07 Å². The third-order valence-electron chi connectivity index (χ3n) is 4.23. The van der Waals surface area contributed by atoms with E-state index in [4.69, 9.17) is 16.3 Å². The fourth-order valence-electron chi connectivity index (χ4n) is 3.18. The highest BCUT2D eigenvalue weighted by Crippen LogP contribution is 2.31. The normalized spacial score (nSPS) is 12.5. The summed E-state index contributed by atoms with van der Waals surface area (Å²) in [6.45, 7) is 9.90. The van der Waals surface area contributed by atoms with Crippen molar-refractivity contribution in [2.24, 2.45) is 0 Å². The Morgan fingerprint density at radius 2 is 1.79 bits per heavy atom. The number of aryl methyl sites for hydroxylation is 1.